The van der Waals surface area contributed by atoms with Crippen LogP contribution >= 0.6 is 0 Å². The highest BCUT2D eigenvalue weighted by atomic mass is 19.1. The van der Waals surface area contributed by atoms with Crippen LogP contribution in [0.3, 0.4) is 0 Å². The Bertz CT molecular complexity index is 751. The fraction of sp³-hybridized carbons (Fsp3) is 0.409. The Balaban J connectivity index is 1.47. The van der Waals surface area contributed by atoms with Crippen LogP contribution in [0.4, 0.5) is 20.6 Å². The summed E-state index contributed by atoms with van der Waals surface area (Å²) in [5.74, 6) is -0.213. The van der Waals surface area contributed by atoms with Crippen LogP contribution < -0.4 is 10.2 Å². The van der Waals surface area contributed by atoms with Crippen molar-refractivity contribution >= 4 is 17.4 Å². The lowest BCUT2D eigenvalue weighted by molar-refractivity contribution is 0.143. The molecule has 3 rings (SSSR count). The Kier molecular flexibility index (Phi) is 6.87. The van der Waals surface area contributed by atoms with Crippen molar-refractivity contribution in [3.63, 3.8) is 0 Å². The molecule has 5 nitrogen and oxygen atoms in total. The van der Waals surface area contributed by atoms with Gasteiger partial charge in [-0.25, -0.2) is 9.18 Å². The fourth-order valence-corrected chi connectivity index (χ4v) is 3.50. The summed E-state index contributed by atoms with van der Waals surface area (Å²) in [4.78, 5) is 18.9. The highest BCUT2D eigenvalue weighted by molar-refractivity contribution is 5.89. The van der Waals surface area contributed by atoms with Gasteiger partial charge in [-0.1, -0.05) is 12.1 Å². The number of carbonyl (C=O) groups is 1. The second-order valence-electron chi connectivity index (χ2n) is 7.04. The van der Waals surface area contributed by atoms with Gasteiger partial charge < -0.3 is 15.1 Å². The molecule has 1 aliphatic heterocycles. The molecule has 1 fully saturated rings. The number of anilines is 2. The highest BCUT2D eigenvalue weighted by Gasteiger charge is 2.21. The highest BCUT2D eigenvalue weighted by Crippen LogP contribution is 2.18. The van der Waals surface area contributed by atoms with E-state index >= 15 is 0 Å². The maximum Gasteiger partial charge on any atom is 0.321 e. The molecule has 1 saturated heterocycles. The maximum absolute atomic E-state index is 13.0. The van der Waals surface area contributed by atoms with Crippen molar-refractivity contribution in [2.75, 3.05) is 49.5 Å². The van der Waals surface area contributed by atoms with E-state index in [4.69, 9.17) is 0 Å². The first-order valence-electron chi connectivity index (χ1n) is 9.96. The minimum Gasteiger partial charge on any atom is -0.372 e. The molecule has 0 spiro atoms. The van der Waals surface area contributed by atoms with Gasteiger partial charge in [-0.15, -0.1) is 0 Å². The third kappa shape index (κ3) is 5.23. The van der Waals surface area contributed by atoms with E-state index in [9.17, 15) is 9.18 Å². The van der Waals surface area contributed by atoms with Crippen LogP contribution in [0.2, 0.25) is 0 Å². The normalized spacial score (nSPS) is 14.8. The molecule has 0 bridgehead atoms. The summed E-state index contributed by atoms with van der Waals surface area (Å²) in [5.41, 5.74) is 3.07. The minimum atomic E-state index is -0.213. The topological polar surface area (TPSA) is 38.8 Å². The largest absolute Gasteiger partial charge is 0.372 e. The molecule has 0 aliphatic carbocycles. The molecule has 28 heavy (non-hydrogen) atoms. The lowest BCUT2D eigenvalue weighted by Crippen LogP contribution is -2.49. The lowest BCUT2D eigenvalue weighted by atomic mass is 10.2. The van der Waals surface area contributed by atoms with Gasteiger partial charge in [-0.3, -0.25) is 4.90 Å². The van der Waals surface area contributed by atoms with Crippen LogP contribution in [0.1, 0.15) is 19.4 Å². The van der Waals surface area contributed by atoms with Crippen molar-refractivity contribution in [3.8, 4) is 0 Å². The third-order valence-electron chi connectivity index (χ3n) is 5.23. The van der Waals surface area contributed by atoms with Crippen LogP contribution in [-0.4, -0.2) is 55.1 Å². The molecule has 0 aromatic heterocycles. The zero-order valence-corrected chi connectivity index (χ0v) is 16.7. The number of amides is 2. The Morgan fingerprint density at radius 1 is 0.964 bits per heavy atom. The summed E-state index contributed by atoms with van der Waals surface area (Å²) in [6.07, 6.45) is 0. The van der Waals surface area contributed by atoms with Gasteiger partial charge in [-0.05, 0) is 55.8 Å². The third-order valence-corrected chi connectivity index (χ3v) is 5.23. The molecule has 0 unspecified atom stereocenters. The number of carbonyl (C=O) groups excluding carboxylic acids is 1. The molecular weight excluding hydrogens is 355 g/mol. The first-order valence-corrected chi connectivity index (χ1v) is 9.96. The number of nitrogens with zero attached hydrogens (tertiary/aromatic N) is 3. The number of nitrogens with one attached hydrogen (secondary N) is 1. The minimum absolute atomic E-state index is 0.0583. The average Bonchev–Trinajstić information content (AvgIpc) is 2.72. The second-order valence-corrected chi connectivity index (χ2v) is 7.04. The van der Waals surface area contributed by atoms with Gasteiger partial charge in [0.05, 0.1) is 0 Å². The monoisotopic (exact) mass is 384 g/mol. The molecule has 1 N–H and O–H groups in total. The lowest BCUT2D eigenvalue weighted by Gasteiger charge is -2.34. The van der Waals surface area contributed by atoms with Crippen LogP contribution in [-0.2, 0) is 6.54 Å². The van der Waals surface area contributed by atoms with Crippen LogP contribution in [0.25, 0.3) is 0 Å². The van der Waals surface area contributed by atoms with Crippen molar-refractivity contribution < 1.29 is 9.18 Å². The molecule has 2 amide bonds. The summed E-state index contributed by atoms with van der Waals surface area (Å²) in [7, 11) is 0. The summed E-state index contributed by atoms with van der Waals surface area (Å²) >= 11 is 0. The molecule has 0 saturated carbocycles. The molecule has 0 radical (unpaired) electrons. The first kappa shape index (κ1) is 20.1. The predicted octanol–water partition coefficient (Wildman–Crippen LogP) is 4.02. The number of halogens is 1. The Morgan fingerprint density at radius 3 is 2.14 bits per heavy atom. The van der Waals surface area contributed by atoms with Gasteiger partial charge in [0, 0.05) is 57.2 Å². The number of rotatable bonds is 6. The summed E-state index contributed by atoms with van der Waals surface area (Å²) in [6.45, 7) is 9.97. The van der Waals surface area contributed by atoms with E-state index in [1.807, 2.05) is 41.3 Å². The smallest absolute Gasteiger partial charge is 0.321 e. The number of urea groups is 1. The van der Waals surface area contributed by atoms with Crippen molar-refractivity contribution in [3.05, 3.63) is 59.9 Å². The standard InChI is InChI=1S/C22H29FN4O/c1-3-26(4-2)21-11-9-20(10-12-21)24-22(28)27-15-13-25(14-16-27)17-18-5-7-19(23)8-6-18/h5-12H,3-4,13-17H2,1-2H3,(H,24,28). The Labute approximate surface area is 166 Å². The van der Waals surface area contributed by atoms with E-state index in [0.717, 1.165) is 49.7 Å². The first-order chi connectivity index (χ1) is 13.6. The number of hydrogen-bond acceptors (Lipinski definition) is 3. The van der Waals surface area contributed by atoms with Gasteiger partial charge >= 0.3 is 6.03 Å². The zero-order valence-electron chi connectivity index (χ0n) is 16.7. The van der Waals surface area contributed by atoms with Gasteiger partial charge in [0.25, 0.3) is 0 Å². The van der Waals surface area contributed by atoms with Crippen molar-refractivity contribution in [2.24, 2.45) is 0 Å². The molecule has 150 valence electrons. The summed E-state index contributed by atoms with van der Waals surface area (Å²) < 4.78 is 13.0. The van der Waals surface area contributed by atoms with Crippen molar-refractivity contribution in [1.29, 1.82) is 0 Å². The van der Waals surface area contributed by atoms with Crippen LogP contribution in [0.5, 0.6) is 0 Å². The fourth-order valence-electron chi connectivity index (χ4n) is 3.50. The van der Waals surface area contributed by atoms with E-state index < -0.39 is 0 Å². The van der Waals surface area contributed by atoms with Crippen LogP contribution in [0.15, 0.2) is 48.5 Å². The van der Waals surface area contributed by atoms with Gasteiger partial charge in [0.2, 0.25) is 0 Å². The van der Waals surface area contributed by atoms with Gasteiger partial charge in [-0.2, -0.15) is 0 Å². The molecule has 6 heteroatoms. The number of piperazine rings is 1. The van der Waals surface area contributed by atoms with E-state index in [-0.39, 0.29) is 11.8 Å². The van der Waals surface area contributed by atoms with Crippen molar-refractivity contribution in [2.45, 2.75) is 20.4 Å². The van der Waals surface area contributed by atoms with Crippen molar-refractivity contribution in [1.82, 2.24) is 9.80 Å². The quantitative estimate of drug-likeness (QED) is 0.818. The molecule has 1 heterocycles. The molecule has 2 aromatic rings. The molecule has 2 aromatic carbocycles. The summed E-state index contributed by atoms with van der Waals surface area (Å²) in [5, 5.41) is 2.99. The predicted molar refractivity (Wildman–Crippen MR) is 112 cm³/mol. The Hall–Kier alpha value is -2.60. The zero-order chi connectivity index (χ0) is 19.9. The van der Waals surface area contributed by atoms with Crippen LogP contribution in [0, 0.1) is 5.82 Å². The Morgan fingerprint density at radius 2 is 1.57 bits per heavy atom. The second kappa shape index (κ2) is 9.55. The molecular formula is C22H29FN4O. The average molecular weight is 384 g/mol. The number of hydrogen-bond donors (Lipinski definition) is 1. The van der Waals surface area contributed by atoms with E-state index in [2.05, 4.69) is 29.0 Å². The SMILES string of the molecule is CCN(CC)c1ccc(NC(=O)N2CCN(Cc3ccc(F)cc3)CC2)cc1. The molecule has 1 aliphatic rings. The van der Waals surface area contributed by atoms with E-state index in [1.54, 1.807) is 0 Å². The number of benzene rings is 2. The van der Waals surface area contributed by atoms with E-state index in [0.29, 0.717) is 13.1 Å². The van der Waals surface area contributed by atoms with E-state index in [1.165, 1.54) is 12.1 Å². The maximum atomic E-state index is 13.0. The van der Waals surface area contributed by atoms with Gasteiger partial charge in [0.15, 0.2) is 0 Å². The molecule has 0 atom stereocenters. The summed E-state index contributed by atoms with van der Waals surface area (Å²) in [6, 6.07) is 14.6. The van der Waals surface area contributed by atoms with Gasteiger partial charge in [0.1, 0.15) is 5.82 Å².